The molecule has 2 aromatic rings. The van der Waals surface area contributed by atoms with E-state index in [-0.39, 0.29) is 28.9 Å². The Hall–Kier alpha value is -3.52. The van der Waals surface area contributed by atoms with E-state index < -0.39 is 11.6 Å². The van der Waals surface area contributed by atoms with Gasteiger partial charge in [0, 0.05) is 53.6 Å². The van der Waals surface area contributed by atoms with Crippen molar-refractivity contribution >= 4 is 23.5 Å². The van der Waals surface area contributed by atoms with Crippen molar-refractivity contribution in [2.24, 2.45) is 10.8 Å². The standard InChI is InChI=1S/C33H35ClN2O5/c1-31(2)28(32(3,4)29(31)41-24-12-11-22(19-35)26(34)18-24)36-20-23-17-21(10-13-25(23)27(36)37)9-7-5-6-8-16-40-33(14-15-33)30(38)39/h10-13,17-18,28-29H,5-6,8,14-16,20H2,1-4H3,(H,38,39). The number of aliphatic carboxylic acids is 1. The predicted molar refractivity (Wildman–Crippen MR) is 155 cm³/mol. The summed E-state index contributed by atoms with van der Waals surface area (Å²) >= 11 is 6.23. The van der Waals surface area contributed by atoms with Gasteiger partial charge in [-0.3, -0.25) is 4.79 Å². The van der Waals surface area contributed by atoms with Crippen LogP contribution in [-0.4, -0.2) is 46.2 Å². The molecular formula is C33H35ClN2O5. The number of benzene rings is 2. The highest BCUT2D eigenvalue weighted by Gasteiger charge is 2.67. The number of carbonyl (C=O) groups is 2. The van der Waals surface area contributed by atoms with Gasteiger partial charge < -0.3 is 19.5 Å². The summed E-state index contributed by atoms with van der Waals surface area (Å²) in [5.41, 5.74) is 1.41. The van der Waals surface area contributed by atoms with E-state index in [4.69, 9.17) is 31.4 Å². The number of ether oxygens (including phenoxy) is 2. The number of carboxylic acids is 1. The number of hydrogen-bond donors (Lipinski definition) is 1. The van der Waals surface area contributed by atoms with E-state index in [1.165, 1.54) is 0 Å². The summed E-state index contributed by atoms with van der Waals surface area (Å²) in [6.07, 6.45) is 3.33. The van der Waals surface area contributed by atoms with E-state index in [1.54, 1.807) is 18.2 Å². The average molecular weight is 575 g/mol. The number of nitriles is 1. The fourth-order valence-corrected chi connectivity index (χ4v) is 7.13. The number of carbonyl (C=O) groups excluding carboxylic acids is 1. The van der Waals surface area contributed by atoms with Crippen molar-refractivity contribution in [2.75, 3.05) is 6.61 Å². The van der Waals surface area contributed by atoms with Gasteiger partial charge in [0.1, 0.15) is 17.9 Å². The van der Waals surface area contributed by atoms with E-state index in [2.05, 4.69) is 45.6 Å². The van der Waals surface area contributed by atoms with Gasteiger partial charge in [-0.25, -0.2) is 4.79 Å². The summed E-state index contributed by atoms with van der Waals surface area (Å²) in [6, 6.07) is 12.9. The zero-order valence-electron chi connectivity index (χ0n) is 23.9. The second kappa shape index (κ2) is 10.7. The minimum absolute atomic E-state index is 0.0281. The van der Waals surface area contributed by atoms with Crippen LogP contribution in [0.3, 0.4) is 0 Å². The minimum Gasteiger partial charge on any atom is -0.489 e. The van der Waals surface area contributed by atoms with Crippen molar-refractivity contribution in [1.29, 1.82) is 5.26 Å². The number of fused-ring (bicyclic) bond motifs is 1. The Kier molecular flexibility index (Phi) is 7.57. The van der Waals surface area contributed by atoms with E-state index in [1.807, 2.05) is 23.1 Å². The van der Waals surface area contributed by atoms with Gasteiger partial charge in [-0.15, -0.1) is 0 Å². The first-order chi connectivity index (χ1) is 19.4. The molecule has 7 nitrogen and oxygen atoms in total. The van der Waals surface area contributed by atoms with Crippen molar-refractivity contribution in [3.05, 3.63) is 63.7 Å². The van der Waals surface area contributed by atoms with Crippen LogP contribution in [0.1, 0.15) is 86.8 Å². The lowest BCUT2D eigenvalue weighted by atomic mass is 9.49. The summed E-state index contributed by atoms with van der Waals surface area (Å²) in [5, 5.41) is 18.7. The third-order valence-electron chi connectivity index (χ3n) is 8.73. The number of carboxylic acid groups (broad SMARTS) is 1. The second-order valence-corrected chi connectivity index (χ2v) is 12.9. The molecule has 41 heavy (non-hydrogen) atoms. The number of amides is 1. The van der Waals surface area contributed by atoms with E-state index in [0.717, 1.165) is 29.5 Å². The van der Waals surface area contributed by atoms with Gasteiger partial charge in [0.2, 0.25) is 0 Å². The lowest BCUT2D eigenvalue weighted by Gasteiger charge is -2.65. The normalized spacial score (nSPS) is 22.5. The molecule has 3 aliphatic rings. The maximum atomic E-state index is 13.5. The predicted octanol–water partition coefficient (Wildman–Crippen LogP) is 6.21. The molecule has 0 atom stereocenters. The van der Waals surface area contributed by atoms with Gasteiger partial charge in [0.15, 0.2) is 5.60 Å². The first-order valence-electron chi connectivity index (χ1n) is 14.1. The molecule has 0 unspecified atom stereocenters. The number of unbranched alkanes of at least 4 members (excludes halogenated alkanes) is 2. The summed E-state index contributed by atoms with van der Waals surface area (Å²) < 4.78 is 11.9. The minimum atomic E-state index is -0.932. The van der Waals surface area contributed by atoms with Gasteiger partial charge in [-0.2, -0.15) is 5.26 Å². The second-order valence-electron chi connectivity index (χ2n) is 12.5. The summed E-state index contributed by atoms with van der Waals surface area (Å²) in [5.74, 6) is 6.18. The molecule has 0 aromatic heterocycles. The molecule has 2 aliphatic carbocycles. The molecule has 2 saturated carbocycles. The maximum absolute atomic E-state index is 13.5. The molecular weight excluding hydrogens is 540 g/mol. The molecule has 1 N–H and O–H groups in total. The highest BCUT2D eigenvalue weighted by atomic mass is 35.5. The maximum Gasteiger partial charge on any atom is 0.335 e. The zero-order valence-corrected chi connectivity index (χ0v) is 24.7. The van der Waals surface area contributed by atoms with E-state index in [9.17, 15) is 9.59 Å². The van der Waals surface area contributed by atoms with Crippen molar-refractivity contribution in [2.45, 2.75) is 84.1 Å². The third-order valence-corrected chi connectivity index (χ3v) is 9.04. The molecule has 2 aromatic carbocycles. The molecule has 5 rings (SSSR count). The average Bonchev–Trinajstić information content (AvgIpc) is 3.65. The topological polar surface area (TPSA) is 99.9 Å². The van der Waals surface area contributed by atoms with Crippen LogP contribution in [0, 0.1) is 34.0 Å². The molecule has 0 bridgehead atoms. The molecule has 8 heteroatoms. The van der Waals surface area contributed by atoms with Gasteiger partial charge >= 0.3 is 5.97 Å². The van der Waals surface area contributed by atoms with Crippen LogP contribution in [-0.2, 0) is 16.1 Å². The molecule has 2 fully saturated rings. The van der Waals surface area contributed by atoms with Gasteiger partial charge in [0.25, 0.3) is 5.91 Å². The fraction of sp³-hybridized carbons (Fsp3) is 0.485. The first kappa shape index (κ1) is 29.0. The van der Waals surface area contributed by atoms with Crippen LogP contribution in [0.25, 0.3) is 0 Å². The summed E-state index contributed by atoms with van der Waals surface area (Å²) in [6.45, 7) is 9.48. The number of nitrogens with zero attached hydrogens (tertiary/aromatic N) is 2. The van der Waals surface area contributed by atoms with Crippen LogP contribution < -0.4 is 4.74 Å². The van der Waals surface area contributed by atoms with Crippen molar-refractivity contribution < 1.29 is 24.2 Å². The molecule has 0 spiro atoms. The Bertz CT molecular complexity index is 1480. The van der Waals surface area contributed by atoms with Gasteiger partial charge in [-0.1, -0.05) is 51.1 Å². The Balaban J connectivity index is 1.19. The zero-order chi connectivity index (χ0) is 29.6. The van der Waals surface area contributed by atoms with E-state index >= 15 is 0 Å². The number of rotatable bonds is 9. The molecule has 0 radical (unpaired) electrons. The van der Waals surface area contributed by atoms with E-state index in [0.29, 0.717) is 48.7 Å². The highest BCUT2D eigenvalue weighted by Crippen LogP contribution is 2.59. The molecule has 1 aliphatic heterocycles. The molecule has 1 amide bonds. The SMILES string of the molecule is CC1(C)C(Oc2ccc(C#N)c(Cl)c2)C(C)(C)C1N1Cc2cc(C#CCCCCOC3(C(=O)O)CC3)ccc2C1=O. The van der Waals surface area contributed by atoms with Crippen LogP contribution in [0.5, 0.6) is 5.75 Å². The monoisotopic (exact) mass is 574 g/mol. The fourth-order valence-electron chi connectivity index (χ4n) is 6.92. The Morgan fingerprint density at radius 2 is 1.85 bits per heavy atom. The molecule has 0 saturated heterocycles. The first-order valence-corrected chi connectivity index (χ1v) is 14.4. The highest BCUT2D eigenvalue weighted by molar-refractivity contribution is 6.31. The quantitative estimate of drug-likeness (QED) is 0.282. The van der Waals surface area contributed by atoms with Crippen LogP contribution in [0.2, 0.25) is 5.02 Å². The lowest BCUT2D eigenvalue weighted by molar-refractivity contribution is -0.199. The van der Waals surface area contributed by atoms with Crippen LogP contribution >= 0.6 is 11.6 Å². The van der Waals surface area contributed by atoms with Gasteiger partial charge in [-0.05, 0) is 61.6 Å². The lowest BCUT2D eigenvalue weighted by Crippen LogP contribution is -2.74. The van der Waals surface area contributed by atoms with Gasteiger partial charge in [0.05, 0.1) is 10.6 Å². The van der Waals surface area contributed by atoms with Crippen molar-refractivity contribution in [3.63, 3.8) is 0 Å². The Labute approximate surface area is 246 Å². The van der Waals surface area contributed by atoms with Crippen LogP contribution in [0.4, 0.5) is 0 Å². The van der Waals surface area contributed by atoms with Crippen LogP contribution in [0.15, 0.2) is 36.4 Å². The largest absolute Gasteiger partial charge is 0.489 e. The Morgan fingerprint density at radius 3 is 2.49 bits per heavy atom. The summed E-state index contributed by atoms with van der Waals surface area (Å²) in [4.78, 5) is 26.7. The van der Waals surface area contributed by atoms with Crippen molar-refractivity contribution in [3.8, 4) is 23.7 Å². The molecule has 214 valence electrons. The smallest absolute Gasteiger partial charge is 0.335 e. The number of halogens is 1. The summed E-state index contributed by atoms with van der Waals surface area (Å²) in [7, 11) is 0. The third kappa shape index (κ3) is 5.30. The Morgan fingerprint density at radius 1 is 1.12 bits per heavy atom. The number of hydrogen-bond acceptors (Lipinski definition) is 5. The van der Waals surface area contributed by atoms with Crippen molar-refractivity contribution in [1.82, 2.24) is 4.90 Å². The molecule has 1 heterocycles.